The molecule has 4 heteroatoms. The van der Waals surface area contributed by atoms with E-state index in [4.69, 9.17) is 18.9 Å². The first-order chi connectivity index (χ1) is 10.7. The fourth-order valence-corrected chi connectivity index (χ4v) is 2.66. The van der Waals surface area contributed by atoms with Gasteiger partial charge in [0.15, 0.2) is 0 Å². The third-order valence-electron chi connectivity index (χ3n) is 3.87. The van der Waals surface area contributed by atoms with Crippen LogP contribution in [0.1, 0.15) is 65.2 Å². The molecule has 0 radical (unpaired) electrons. The third kappa shape index (κ3) is 6.01. The molecule has 0 unspecified atom stereocenters. The molecule has 126 valence electrons. The predicted octanol–water partition coefficient (Wildman–Crippen LogP) is 4.66. The first-order valence-electron chi connectivity index (χ1n) is 8.69. The quantitative estimate of drug-likeness (QED) is 0.411. The second-order valence-electron chi connectivity index (χ2n) is 6.01. The lowest BCUT2D eigenvalue weighted by atomic mass is 10.3. The van der Waals surface area contributed by atoms with E-state index >= 15 is 0 Å². The Bertz CT molecular complexity index is 361. The summed E-state index contributed by atoms with van der Waals surface area (Å²) in [6.07, 6.45) is 12.9. The van der Waals surface area contributed by atoms with Gasteiger partial charge in [0.05, 0.1) is 24.7 Å². The van der Waals surface area contributed by atoms with Crippen LogP contribution < -0.4 is 0 Å². The van der Waals surface area contributed by atoms with E-state index in [0.29, 0.717) is 13.2 Å². The van der Waals surface area contributed by atoms with Crippen LogP contribution in [0.15, 0.2) is 23.7 Å². The summed E-state index contributed by atoms with van der Waals surface area (Å²) in [6.45, 7) is 5.84. The second kappa shape index (κ2) is 9.21. The molecule has 0 aliphatic heterocycles. The minimum atomic E-state index is -1.04. The Balaban J connectivity index is 1.80. The van der Waals surface area contributed by atoms with Crippen molar-refractivity contribution in [2.45, 2.75) is 71.2 Å². The zero-order chi connectivity index (χ0) is 15.7. The molecule has 2 aliphatic carbocycles. The third-order valence-corrected chi connectivity index (χ3v) is 3.87. The summed E-state index contributed by atoms with van der Waals surface area (Å²) in [5.74, 6) is 0.918. The predicted molar refractivity (Wildman–Crippen MR) is 86.1 cm³/mol. The van der Waals surface area contributed by atoms with Gasteiger partial charge in [-0.25, -0.2) is 0 Å². The monoisotopic (exact) mass is 310 g/mol. The highest BCUT2D eigenvalue weighted by atomic mass is 16.9. The Kier molecular flexibility index (Phi) is 7.26. The summed E-state index contributed by atoms with van der Waals surface area (Å²) < 4.78 is 23.4. The topological polar surface area (TPSA) is 36.9 Å². The Hall–Kier alpha value is -1.00. The van der Waals surface area contributed by atoms with E-state index in [9.17, 15) is 0 Å². The van der Waals surface area contributed by atoms with Crippen molar-refractivity contribution < 1.29 is 18.9 Å². The summed E-state index contributed by atoms with van der Waals surface area (Å²) in [6, 6.07) is 0. The van der Waals surface area contributed by atoms with Gasteiger partial charge in [-0.15, -0.1) is 0 Å². The Morgan fingerprint density at radius 2 is 1.59 bits per heavy atom. The van der Waals surface area contributed by atoms with Crippen molar-refractivity contribution in [3.63, 3.8) is 0 Å². The molecule has 2 aliphatic rings. The van der Waals surface area contributed by atoms with Crippen molar-refractivity contribution in [2.75, 3.05) is 19.8 Å². The van der Waals surface area contributed by atoms with E-state index in [0.717, 1.165) is 69.5 Å². The van der Waals surface area contributed by atoms with Gasteiger partial charge in [-0.3, -0.25) is 0 Å². The van der Waals surface area contributed by atoms with Gasteiger partial charge >= 0.3 is 5.97 Å². The molecule has 0 saturated carbocycles. The fourth-order valence-electron chi connectivity index (χ4n) is 2.66. The average Bonchev–Trinajstić information content (AvgIpc) is 3.16. The van der Waals surface area contributed by atoms with Crippen LogP contribution in [0, 0.1) is 0 Å². The molecule has 0 bridgehead atoms. The number of ether oxygens (including phenoxy) is 4. The van der Waals surface area contributed by atoms with Crippen molar-refractivity contribution in [1.82, 2.24) is 0 Å². The van der Waals surface area contributed by atoms with Crippen molar-refractivity contribution in [2.24, 2.45) is 0 Å². The highest BCUT2D eigenvalue weighted by Gasteiger charge is 2.33. The number of hydrogen-bond donors (Lipinski definition) is 0. The van der Waals surface area contributed by atoms with E-state index < -0.39 is 5.97 Å². The van der Waals surface area contributed by atoms with Gasteiger partial charge in [0, 0.05) is 26.4 Å². The van der Waals surface area contributed by atoms with Crippen LogP contribution in [0.25, 0.3) is 0 Å². The molecule has 0 aromatic heterocycles. The lowest BCUT2D eigenvalue weighted by molar-refractivity contribution is -0.343. The van der Waals surface area contributed by atoms with Crippen LogP contribution in [-0.4, -0.2) is 25.8 Å². The van der Waals surface area contributed by atoms with Gasteiger partial charge in [-0.05, 0) is 44.3 Å². The van der Waals surface area contributed by atoms with Crippen LogP contribution in [0.4, 0.5) is 0 Å². The number of allylic oxidation sites excluding steroid dienone is 4. The van der Waals surface area contributed by atoms with Crippen molar-refractivity contribution >= 4 is 0 Å². The zero-order valence-corrected chi connectivity index (χ0v) is 14.1. The minimum absolute atomic E-state index is 0.473. The van der Waals surface area contributed by atoms with E-state index in [2.05, 4.69) is 19.1 Å². The van der Waals surface area contributed by atoms with E-state index in [1.54, 1.807) is 0 Å². The maximum atomic E-state index is 6.01. The molecule has 0 aromatic carbocycles. The van der Waals surface area contributed by atoms with Crippen LogP contribution in [-0.2, 0) is 18.9 Å². The highest BCUT2D eigenvalue weighted by Crippen LogP contribution is 2.31. The summed E-state index contributed by atoms with van der Waals surface area (Å²) >= 11 is 0. The van der Waals surface area contributed by atoms with E-state index in [1.807, 2.05) is 6.92 Å². The van der Waals surface area contributed by atoms with Crippen molar-refractivity contribution in [1.29, 1.82) is 0 Å². The zero-order valence-electron chi connectivity index (χ0n) is 14.1. The number of rotatable bonds is 11. The smallest absolute Gasteiger partial charge is 0.368 e. The maximum absolute atomic E-state index is 6.01. The standard InChI is InChI=1S/C18H30O4/c1-3-4-13-19-14-15-20-18(2,21-16-9-5-6-10-16)22-17-11-7-8-12-17/h9,11H,3-8,10,12-15H2,1-2H3. The molecule has 0 heterocycles. The lowest BCUT2D eigenvalue weighted by Gasteiger charge is -2.31. The molecule has 0 spiro atoms. The lowest BCUT2D eigenvalue weighted by Crippen LogP contribution is -2.36. The molecule has 0 N–H and O–H groups in total. The van der Waals surface area contributed by atoms with Gasteiger partial charge in [0.25, 0.3) is 0 Å². The van der Waals surface area contributed by atoms with Crippen molar-refractivity contribution in [3.05, 3.63) is 23.7 Å². The molecule has 0 atom stereocenters. The molecule has 0 saturated heterocycles. The summed E-state index contributed by atoms with van der Waals surface area (Å²) in [5, 5.41) is 0. The van der Waals surface area contributed by atoms with E-state index in [-0.39, 0.29) is 0 Å². The SMILES string of the molecule is CCCCOCCOC(C)(OC1=CCCC1)OC1=CCCC1. The summed E-state index contributed by atoms with van der Waals surface area (Å²) in [5.41, 5.74) is 0. The Morgan fingerprint density at radius 1 is 0.955 bits per heavy atom. The number of unbranched alkanes of at least 4 members (excludes halogenated alkanes) is 1. The summed E-state index contributed by atoms with van der Waals surface area (Å²) in [4.78, 5) is 0. The first kappa shape index (κ1) is 17.4. The minimum Gasteiger partial charge on any atom is -0.435 e. The Labute approximate surface area is 134 Å². The normalized spacial score (nSPS) is 18.3. The fraction of sp³-hybridized carbons (Fsp3) is 0.778. The molecule has 0 aromatic rings. The van der Waals surface area contributed by atoms with Crippen LogP contribution in [0.3, 0.4) is 0 Å². The van der Waals surface area contributed by atoms with Gasteiger partial charge in [-0.2, -0.15) is 0 Å². The van der Waals surface area contributed by atoms with Crippen LogP contribution >= 0.6 is 0 Å². The largest absolute Gasteiger partial charge is 0.435 e. The van der Waals surface area contributed by atoms with E-state index in [1.165, 1.54) is 0 Å². The second-order valence-corrected chi connectivity index (χ2v) is 6.01. The van der Waals surface area contributed by atoms with Gasteiger partial charge in [-0.1, -0.05) is 13.3 Å². The maximum Gasteiger partial charge on any atom is 0.368 e. The average molecular weight is 310 g/mol. The molecule has 4 nitrogen and oxygen atoms in total. The van der Waals surface area contributed by atoms with Gasteiger partial charge in [0.1, 0.15) is 0 Å². The molecular weight excluding hydrogens is 280 g/mol. The van der Waals surface area contributed by atoms with Crippen LogP contribution in [0.5, 0.6) is 0 Å². The molecule has 0 fully saturated rings. The Morgan fingerprint density at radius 3 is 2.09 bits per heavy atom. The first-order valence-corrected chi connectivity index (χ1v) is 8.69. The van der Waals surface area contributed by atoms with Gasteiger partial charge in [0.2, 0.25) is 0 Å². The molecular formula is C18H30O4. The number of hydrogen-bond acceptors (Lipinski definition) is 4. The van der Waals surface area contributed by atoms with Gasteiger partial charge < -0.3 is 18.9 Å². The van der Waals surface area contributed by atoms with Crippen molar-refractivity contribution in [3.8, 4) is 0 Å². The highest BCUT2D eigenvalue weighted by molar-refractivity contribution is 5.02. The molecule has 0 amide bonds. The summed E-state index contributed by atoms with van der Waals surface area (Å²) in [7, 11) is 0. The molecule has 2 rings (SSSR count). The molecule has 22 heavy (non-hydrogen) atoms. The van der Waals surface area contributed by atoms with Crippen LogP contribution in [0.2, 0.25) is 0 Å².